The van der Waals surface area contributed by atoms with E-state index >= 15 is 0 Å². The van der Waals surface area contributed by atoms with Gasteiger partial charge in [0, 0.05) is 19.2 Å². The lowest BCUT2D eigenvalue weighted by molar-refractivity contribution is -0.131. The lowest BCUT2D eigenvalue weighted by Gasteiger charge is -2.15. The van der Waals surface area contributed by atoms with Crippen LogP contribution in [0.3, 0.4) is 0 Å². The normalized spacial score (nSPS) is 24.1. The predicted octanol–water partition coefficient (Wildman–Crippen LogP) is 0.298. The Kier molecular flexibility index (Phi) is 4.10. The van der Waals surface area contributed by atoms with Crippen molar-refractivity contribution in [1.82, 2.24) is 4.90 Å². The van der Waals surface area contributed by atoms with E-state index in [0.29, 0.717) is 5.92 Å². The van der Waals surface area contributed by atoms with Gasteiger partial charge in [0.1, 0.15) is 0 Å². The van der Waals surface area contributed by atoms with Crippen molar-refractivity contribution in [2.75, 3.05) is 26.2 Å². The molecule has 1 aliphatic heterocycles. The molecule has 0 aromatic heterocycles. The first-order valence-electron chi connectivity index (χ1n) is 4.94. The van der Waals surface area contributed by atoms with Gasteiger partial charge >= 0.3 is 5.97 Å². The minimum atomic E-state index is -0.864. The van der Waals surface area contributed by atoms with Crippen LogP contribution >= 0.6 is 0 Å². The standard InChI is InChI=1S/C10H18N2O2/c1-8(4-10(13)14)6-12-3-2-9(5-11)7-12/h4,9H,2-3,5-7,11H2,1H3,(H,13,14). The molecule has 4 heteroatoms. The van der Waals surface area contributed by atoms with Gasteiger partial charge in [-0.3, -0.25) is 4.90 Å². The molecule has 1 aliphatic rings. The number of carboxylic acids is 1. The molecule has 1 fully saturated rings. The molecule has 14 heavy (non-hydrogen) atoms. The molecule has 4 nitrogen and oxygen atoms in total. The lowest BCUT2D eigenvalue weighted by atomic mass is 10.1. The van der Waals surface area contributed by atoms with E-state index in [0.717, 1.165) is 38.2 Å². The van der Waals surface area contributed by atoms with Gasteiger partial charge in [-0.15, -0.1) is 0 Å². The molecule has 1 heterocycles. The number of carbonyl (C=O) groups is 1. The smallest absolute Gasteiger partial charge is 0.328 e. The van der Waals surface area contributed by atoms with Crippen molar-refractivity contribution in [2.45, 2.75) is 13.3 Å². The number of nitrogens with zero attached hydrogens (tertiary/aromatic N) is 1. The molecular weight excluding hydrogens is 180 g/mol. The maximum absolute atomic E-state index is 10.4. The first kappa shape index (κ1) is 11.2. The lowest BCUT2D eigenvalue weighted by Crippen LogP contribution is -2.25. The van der Waals surface area contributed by atoms with Crippen LogP contribution < -0.4 is 5.73 Å². The molecule has 0 aromatic carbocycles. The molecule has 0 amide bonds. The number of nitrogens with two attached hydrogens (primary N) is 1. The Balaban J connectivity index is 2.35. The van der Waals surface area contributed by atoms with Gasteiger partial charge < -0.3 is 10.8 Å². The van der Waals surface area contributed by atoms with Gasteiger partial charge in [0.25, 0.3) is 0 Å². The number of hydrogen-bond acceptors (Lipinski definition) is 3. The third-order valence-electron chi connectivity index (χ3n) is 2.55. The largest absolute Gasteiger partial charge is 0.478 e. The fourth-order valence-corrected chi connectivity index (χ4v) is 1.86. The molecule has 1 saturated heterocycles. The van der Waals surface area contributed by atoms with Crippen LogP contribution in [-0.4, -0.2) is 42.2 Å². The highest BCUT2D eigenvalue weighted by Gasteiger charge is 2.20. The number of rotatable bonds is 4. The summed E-state index contributed by atoms with van der Waals surface area (Å²) >= 11 is 0. The Morgan fingerprint density at radius 2 is 2.43 bits per heavy atom. The fraction of sp³-hybridized carbons (Fsp3) is 0.700. The summed E-state index contributed by atoms with van der Waals surface area (Å²) in [5.74, 6) is -0.273. The molecule has 1 unspecified atom stereocenters. The molecule has 0 saturated carbocycles. The van der Waals surface area contributed by atoms with Crippen molar-refractivity contribution in [3.05, 3.63) is 11.6 Å². The van der Waals surface area contributed by atoms with E-state index in [2.05, 4.69) is 4.90 Å². The highest BCUT2D eigenvalue weighted by molar-refractivity contribution is 5.80. The van der Waals surface area contributed by atoms with Crippen molar-refractivity contribution in [3.63, 3.8) is 0 Å². The van der Waals surface area contributed by atoms with E-state index in [9.17, 15) is 4.79 Å². The minimum absolute atomic E-state index is 0.590. The van der Waals surface area contributed by atoms with Crippen molar-refractivity contribution in [2.24, 2.45) is 11.7 Å². The maximum atomic E-state index is 10.4. The first-order chi connectivity index (χ1) is 6.61. The van der Waals surface area contributed by atoms with Crippen LogP contribution in [0.4, 0.5) is 0 Å². The van der Waals surface area contributed by atoms with Gasteiger partial charge in [-0.2, -0.15) is 0 Å². The number of likely N-dealkylation sites (tertiary alicyclic amines) is 1. The maximum Gasteiger partial charge on any atom is 0.328 e. The zero-order valence-electron chi connectivity index (χ0n) is 8.57. The van der Waals surface area contributed by atoms with Crippen LogP contribution in [0.15, 0.2) is 11.6 Å². The van der Waals surface area contributed by atoms with Crippen molar-refractivity contribution < 1.29 is 9.90 Å². The summed E-state index contributed by atoms with van der Waals surface area (Å²) in [5.41, 5.74) is 6.47. The number of hydrogen-bond donors (Lipinski definition) is 2. The van der Waals surface area contributed by atoms with Crippen LogP contribution in [0.5, 0.6) is 0 Å². The van der Waals surface area contributed by atoms with E-state index in [-0.39, 0.29) is 0 Å². The molecule has 0 aliphatic carbocycles. The summed E-state index contributed by atoms with van der Waals surface area (Å²) in [7, 11) is 0. The molecule has 0 bridgehead atoms. The van der Waals surface area contributed by atoms with Crippen LogP contribution in [0, 0.1) is 5.92 Å². The zero-order valence-corrected chi connectivity index (χ0v) is 8.57. The SMILES string of the molecule is CC(=CC(=O)O)CN1CCC(CN)C1. The van der Waals surface area contributed by atoms with Crippen molar-refractivity contribution in [1.29, 1.82) is 0 Å². The first-order valence-corrected chi connectivity index (χ1v) is 4.94. The molecular formula is C10H18N2O2. The van der Waals surface area contributed by atoms with Crippen LogP contribution in [0.1, 0.15) is 13.3 Å². The van der Waals surface area contributed by atoms with E-state index in [1.54, 1.807) is 0 Å². The Morgan fingerprint density at radius 1 is 1.71 bits per heavy atom. The molecule has 1 atom stereocenters. The summed E-state index contributed by atoms with van der Waals surface area (Å²) in [5, 5.41) is 8.54. The van der Waals surface area contributed by atoms with E-state index < -0.39 is 5.97 Å². The third-order valence-corrected chi connectivity index (χ3v) is 2.55. The minimum Gasteiger partial charge on any atom is -0.478 e. The van der Waals surface area contributed by atoms with Crippen LogP contribution in [0.25, 0.3) is 0 Å². The topological polar surface area (TPSA) is 66.6 Å². The van der Waals surface area contributed by atoms with Gasteiger partial charge in [-0.25, -0.2) is 4.79 Å². The summed E-state index contributed by atoms with van der Waals surface area (Å²) < 4.78 is 0. The fourth-order valence-electron chi connectivity index (χ4n) is 1.86. The summed E-state index contributed by atoms with van der Waals surface area (Å²) in [4.78, 5) is 12.6. The Hall–Kier alpha value is -0.870. The van der Waals surface area contributed by atoms with Gasteiger partial charge in [-0.05, 0) is 32.4 Å². The Morgan fingerprint density at radius 3 is 2.93 bits per heavy atom. The average molecular weight is 198 g/mol. The highest BCUT2D eigenvalue weighted by Crippen LogP contribution is 2.15. The molecule has 80 valence electrons. The van der Waals surface area contributed by atoms with Crippen LogP contribution in [-0.2, 0) is 4.79 Å². The van der Waals surface area contributed by atoms with Crippen molar-refractivity contribution in [3.8, 4) is 0 Å². The molecule has 0 spiro atoms. The van der Waals surface area contributed by atoms with Gasteiger partial charge in [-0.1, -0.05) is 5.57 Å². The summed E-state index contributed by atoms with van der Waals surface area (Å²) in [6.07, 6.45) is 2.41. The van der Waals surface area contributed by atoms with Crippen molar-refractivity contribution >= 4 is 5.97 Å². The molecule has 3 N–H and O–H groups in total. The molecule has 0 aromatic rings. The second-order valence-electron chi connectivity index (χ2n) is 3.95. The van der Waals surface area contributed by atoms with E-state index in [1.807, 2.05) is 6.92 Å². The van der Waals surface area contributed by atoms with Crippen LogP contribution in [0.2, 0.25) is 0 Å². The zero-order chi connectivity index (χ0) is 10.6. The van der Waals surface area contributed by atoms with E-state index in [4.69, 9.17) is 10.8 Å². The number of aliphatic carboxylic acids is 1. The quantitative estimate of drug-likeness (QED) is 0.637. The monoisotopic (exact) mass is 198 g/mol. The summed E-state index contributed by atoms with van der Waals surface area (Å²) in [6.45, 7) is 5.37. The number of carboxylic acid groups (broad SMARTS) is 1. The Labute approximate surface area is 84.4 Å². The van der Waals surface area contributed by atoms with Gasteiger partial charge in [0.2, 0.25) is 0 Å². The van der Waals surface area contributed by atoms with E-state index in [1.165, 1.54) is 6.08 Å². The third kappa shape index (κ3) is 3.47. The molecule has 1 rings (SSSR count). The summed E-state index contributed by atoms with van der Waals surface area (Å²) in [6, 6.07) is 0. The van der Waals surface area contributed by atoms with Gasteiger partial charge in [0.15, 0.2) is 0 Å². The highest BCUT2D eigenvalue weighted by atomic mass is 16.4. The Bertz CT molecular complexity index is 238. The molecule has 0 radical (unpaired) electrons. The second-order valence-corrected chi connectivity index (χ2v) is 3.95. The average Bonchev–Trinajstić information content (AvgIpc) is 2.50. The predicted molar refractivity (Wildman–Crippen MR) is 55.0 cm³/mol. The second kappa shape index (κ2) is 5.12. The van der Waals surface area contributed by atoms with Gasteiger partial charge in [0.05, 0.1) is 0 Å².